The second kappa shape index (κ2) is 4.82. The zero-order chi connectivity index (χ0) is 9.68. The summed E-state index contributed by atoms with van der Waals surface area (Å²) in [6.45, 7) is 0.0387. The Morgan fingerprint density at radius 2 is 2.54 bits per heavy atom. The zero-order valence-corrected chi connectivity index (χ0v) is 7.69. The Kier molecular flexibility index (Phi) is 3.71. The van der Waals surface area contributed by atoms with Gasteiger partial charge in [0.25, 0.3) is 0 Å². The van der Waals surface area contributed by atoms with E-state index in [-0.39, 0.29) is 18.5 Å². The minimum absolute atomic E-state index is 0.0387. The Hall–Kier alpha value is -1.09. The first-order valence-electron chi connectivity index (χ1n) is 4.34. The molecule has 72 valence electrons. The topological polar surface area (TPSA) is 46.5 Å². The van der Waals surface area contributed by atoms with Crippen molar-refractivity contribution in [2.24, 2.45) is 5.92 Å². The number of hydrogen-bond donors (Lipinski definition) is 1. The van der Waals surface area contributed by atoms with E-state index in [4.69, 9.17) is 5.11 Å². The molecule has 0 bridgehead atoms. The summed E-state index contributed by atoms with van der Waals surface area (Å²) >= 11 is 0. The number of esters is 1. The number of methoxy groups -OCH3 is 1. The van der Waals surface area contributed by atoms with Crippen molar-refractivity contribution in [2.75, 3.05) is 13.7 Å². The Labute approximate surface area is 77.7 Å². The maximum absolute atomic E-state index is 11.2. The van der Waals surface area contributed by atoms with E-state index in [9.17, 15) is 4.79 Å². The van der Waals surface area contributed by atoms with E-state index in [1.54, 1.807) is 6.08 Å². The van der Waals surface area contributed by atoms with Gasteiger partial charge in [-0.2, -0.15) is 0 Å². The fourth-order valence-corrected chi connectivity index (χ4v) is 1.32. The van der Waals surface area contributed by atoms with E-state index in [0.29, 0.717) is 12.0 Å². The van der Waals surface area contributed by atoms with Crippen LogP contribution in [-0.4, -0.2) is 24.8 Å². The van der Waals surface area contributed by atoms with Gasteiger partial charge in [0.05, 0.1) is 13.7 Å². The Morgan fingerprint density at radius 1 is 1.77 bits per heavy atom. The van der Waals surface area contributed by atoms with Gasteiger partial charge in [-0.05, 0) is 12.8 Å². The molecule has 0 saturated heterocycles. The minimum Gasteiger partial charge on any atom is -0.466 e. The lowest BCUT2D eigenvalue weighted by Gasteiger charge is -2.04. The van der Waals surface area contributed by atoms with Crippen LogP contribution in [0.15, 0.2) is 23.8 Å². The quantitative estimate of drug-likeness (QED) is 0.512. The van der Waals surface area contributed by atoms with Gasteiger partial charge in [-0.1, -0.05) is 18.2 Å². The molecule has 3 nitrogen and oxygen atoms in total. The molecule has 0 aromatic heterocycles. The van der Waals surface area contributed by atoms with Crippen LogP contribution in [0, 0.1) is 5.92 Å². The SMILES string of the molecule is COC(=O)C1=CC(CO)C=CCC1. The van der Waals surface area contributed by atoms with Gasteiger partial charge < -0.3 is 9.84 Å². The fraction of sp³-hybridized carbons (Fsp3) is 0.500. The minimum atomic E-state index is -0.290. The average Bonchev–Trinajstić information content (AvgIpc) is 2.41. The molecule has 0 saturated carbocycles. The monoisotopic (exact) mass is 182 g/mol. The van der Waals surface area contributed by atoms with Crippen LogP contribution in [0.1, 0.15) is 12.8 Å². The molecule has 0 radical (unpaired) electrons. The molecule has 1 atom stereocenters. The molecular weight excluding hydrogens is 168 g/mol. The van der Waals surface area contributed by atoms with Crippen molar-refractivity contribution < 1.29 is 14.6 Å². The molecule has 13 heavy (non-hydrogen) atoms. The third kappa shape index (κ3) is 2.70. The molecule has 0 heterocycles. The fourth-order valence-electron chi connectivity index (χ4n) is 1.32. The van der Waals surface area contributed by atoms with Crippen LogP contribution in [0.25, 0.3) is 0 Å². The lowest BCUT2D eigenvalue weighted by atomic mass is 10.1. The van der Waals surface area contributed by atoms with Crippen molar-refractivity contribution >= 4 is 5.97 Å². The van der Waals surface area contributed by atoms with Crippen molar-refractivity contribution in [1.29, 1.82) is 0 Å². The summed E-state index contributed by atoms with van der Waals surface area (Å²) in [5, 5.41) is 8.94. The molecule has 0 aromatic carbocycles. The van der Waals surface area contributed by atoms with Gasteiger partial charge >= 0.3 is 5.97 Å². The van der Waals surface area contributed by atoms with Crippen LogP contribution in [-0.2, 0) is 9.53 Å². The van der Waals surface area contributed by atoms with Crippen LogP contribution in [0.3, 0.4) is 0 Å². The van der Waals surface area contributed by atoms with Crippen molar-refractivity contribution in [1.82, 2.24) is 0 Å². The van der Waals surface area contributed by atoms with Gasteiger partial charge in [0.15, 0.2) is 0 Å². The summed E-state index contributed by atoms with van der Waals surface area (Å²) in [4.78, 5) is 11.2. The highest BCUT2D eigenvalue weighted by Gasteiger charge is 2.13. The highest BCUT2D eigenvalue weighted by Crippen LogP contribution is 2.16. The predicted molar refractivity (Wildman–Crippen MR) is 49.0 cm³/mol. The van der Waals surface area contributed by atoms with Crippen molar-refractivity contribution in [2.45, 2.75) is 12.8 Å². The Bertz CT molecular complexity index is 241. The smallest absolute Gasteiger partial charge is 0.333 e. The number of allylic oxidation sites excluding steroid dienone is 1. The zero-order valence-electron chi connectivity index (χ0n) is 7.69. The van der Waals surface area contributed by atoms with Crippen LogP contribution in [0.2, 0.25) is 0 Å². The third-order valence-corrected chi connectivity index (χ3v) is 2.04. The summed E-state index contributed by atoms with van der Waals surface area (Å²) in [6, 6.07) is 0. The van der Waals surface area contributed by atoms with Gasteiger partial charge in [0, 0.05) is 11.5 Å². The first kappa shape index (κ1) is 9.99. The average molecular weight is 182 g/mol. The van der Waals surface area contributed by atoms with E-state index < -0.39 is 0 Å². The van der Waals surface area contributed by atoms with Gasteiger partial charge in [0.1, 0.15) is 0 Å². The molecule has 0 fully saturated rings. The summed E-state index contributed by atoms with van der Waals surface area (Å²) < 4.78 is 4.62. The second-order valence-electron chi connectivity index (χ2n) is 3.00. The van der Waals surface area contributed by atoms with Gasteiger partial charge in [-0.3, -0.25) is 0 Å². The van der Waals surface area contributed by atoms with Gasteiger partial charge in [-0.25, -0.2) is 4.79 Å². The maximum atomic E-state index is 11.2. The van der Waals surface area contributed by atoms with Gasteiger partial charge in [-0.15, -0.1) is 0 Å². The molecule has 0 amide bonds. The number of ether oxygens (including phenoxy) is 1. The molecule has 0 aliphatic heterocycles. The van der Waals surface area contributed by atoms with Gasteiger partial charge in [0.2, 0.25) is 0 Å². The van der Waals surface area contributed by atoms with Crippen LogP contribution in [0.5, 0.6) is 0 Å². The summed E-state index contributed by atoms with van der Waals surface area (Å²) in [5.41, 5.74) is 0.659. The standard InChI is InChI=1S/C10H14O3/c1-13-10(12)9-5-3-2-4-8(6-9)7-11/h2,4,6,8,11H,3,5,7H2,1H3. The van der Waals surface area contributed by atoms with Crippen LogP contribution >= 0.6 is 0 Å². The number of aliphatic hydroxyl groups excluding tert-OH is 1. The van der Waals surface area contributed by atoms with E-state index in [1.165, 1.54) is 7.11 Å². The van der Waals surface area contributed by atoms with Crippen molar-refractivity contribution in [3.63, 3.8) is 0 Å². The molecule has 0 spiro atoms. The summed E-state index contributed by atoms with van der Waals surface area (Å²) in [5.74, 6) is -0.334. The number of hydrogen-bond acceptors (Lipinski definition) is 3. The van der Waals surface area contributed by atoms with Crippen molar-refractivity contribution in [3.05, 3.63) is 23.8 Å². The lowest BCUT2D eigenvalue weighted by Crippen LogP contribution is -2.07. The molecular formula is C10H14O3. The van der Waals surface area contributed by atoms with E-state index in [0.717, 1.165) is 6.42 Å². The Morgan fingerprint density at radius 3 is 3.15 bits per heavy atom. The molecule has 1 unspecified atom stereocenters. The number of carbonyl (C=O) groups excluding carboxylic acids is 1. The first-order chi connectivity index (χ1) is 6.27. The van der Waals surface area contributed by atoms with Crippen molar-refractivity contribution in [3.8, 4) is 0 Å². The third-order valence-electron chi connectivity index (χ3n) is 2.04. The van der Waals surface area contributed by atoms with Crippen LogP contribution < -0.4 is 0 Å². The predicted octanol–water partition coefficient (Wildman–Crippen LogP) is 1.04. The molecule has 1 aliphatic carbocycles. The van der Waals surface area contributed by atoms with E-state index in [1.807, 2.05) is 12.2 Å². The largest absolute Gasteiger partial charge is 0.466 e. The normalized spacial score (nSPS) is 22.0. The summed E-state index contributed by atoms with van der Waals surface area (Å²) in [7, 11) is 1.37. The number of rotatable bonds is 2. The molecule has 1 rings (SSSR count). The first-order valence-corrected chi connectivity index (χ1v) is 4.34. The summed E-state index contributed by atoms with van der Waals surface area (Å²) in [6.07, 6.45) is 7.19. The number of carbonyl (C=O) groups is 1. The second-order valence-corrected chi connectivity index (χ2v) is 3.00. The molecule has 1 N–H and O–H groups in total. The lowest BCUT2D eigenvalue weighted by molar-refractivity contribution is -0.136. The number of aliphatic hydroxyl groups is 1. The molecule has 3 heteroatoms. The highest BCUT2D eigenvalue weighted by molar-refractivity contribution is 5.88. The van der Waals surface area contributed by atoms with E-state index >= 15 is 0 Å². The molecule has 1 aliphatic rings. The molecule has 0 aromatic rings. The van der Waals surface area contributed by atoms with Crippen LogP contribution in [0.4, 0.5) is 0 Å². The maximum Gasteiger partial charge on any atom is 0.333 e. The van der Waals surface area contributed by atoms with E-state index in [2.05, 4.69) is 4.74 Å². The highest BCUT2D eigenvalue weighted by atomic mass is 16.5. The Balaban J connectivity index is 2.74.